The maximum atomic E-state index is 12.4. The van der Waals surface area contributed by atoms with E-state index in [0.29, 0.717) is 18.4 Å². The van der Waals surface area contributed by atoms with Crippen molar-refractivity contribution in [2.24, 2.45) is 0 Å². The Hall–Kier alpha value is -1.07. The number of pyridine rings is 1. The van der Waals surface area contributed by atoms with Crippen LogP contribution in [-0.2, 0) is 10.5 Å². The van der Waals surface area contributed by atoms with Crippen LogP contribution in [0.15, 0.2) is 24.4 Å². The lowest BCUT2D eigenvalue weighted by Crippen LogP contribution is -2.42. The van der Waals surface area contributed by atoms with Gasteiger partial charge in [-0.15, -0.1) is 0 Å². The number of nitrogens with zero attached hydrogens (tertiary/aromatic N) is 2. The molecule has 1 N–H and O–H groups in total. The number of aromatic nitrogens is 1. The number of rotatable bonds is 8. The second kappa shape index (κ2) is 9.05. The minimum atomic E-state index is 0.305. The van der Waals surface area contributed by atoms with Crippen LogP contribution in [0.2, 0.25) is 0 Å². The molecule has 21 heavy (non-hydrogen) atoms. The maximum absolute atomic E-state index is 12.4. The molecule has 1 amide bonds. The lowest BCUT2D eigenvalue weighted by atomic mass is 10.2. The molecule has 1 aliphatic rings. The Morgan fingerprint density at radius 3 is 3.10 bits per heavy atom. The molecule has 1 aromatic rings. The van der Waals surface area contributed by atoms with Gasteiger partial charge in [0.05, 0.1) is 5.69 Å². The molecule has 0 aromatic carbocycles. The first kappa shape index (κ1) is 16.3. The van der Waals surface area contributed by atoms with Crippen molar-refractivity contribution in [3.63, 3.8) is 0 Å². The number of amides is 1. The SMILES string of the molecule is CCCN(C(=O)CCSCc1ccccn1)C1CCNC1. The smallest absolute Gasteiger partial charge is 0.223 e. The number of hydrogen-bond donors (Lipinski definition) is 1. The zero-order valence-corrected chi connectivity index (χ0v) is 13.6. The van der Waals surface area contributed by atoms with E-state index >= 15 is 0 Å². The van der Waals surface area contributed by atoms with Gasteiger partial charge in [0.25, 0.3) is 0 Å². The van der Waals surface area contributed by atoms with Gasteiger partial charge in [0.2, 0.25) is 5.91 Å². The Morgan fingerprint density at radius 2 is 2.43 bits per heavy atom. The third kappa shape index (κ3) is 5.32. The molecule has 1 aromatic heterocycles. The van der Waals surface area contributed by atoms with Gasteiger partial charge in [-0.25, -0.2) is 0 Å². The zero-order valence-electron chi connectivity index (χ0n) is 12.8. The highest BCUT2D eigenvalue weighted by atomic mass is 32.2. The molecule has 0 aliphatic carbocycles. The summed E-state index contributed by atoms with van der Waals surface area (Å²) in [7, 11) is 0. The Morgan fingerprint density at radius 1 is 1.52 bits per heavy atom. The molecule has 1 atom stereocenters. The molecule has 1 unspecified atom stereocenters. The lowest BCUT2D eigenvalue weighted by molar-refractivity contribution is -0.132. The molecule has 1 saturated heterocycles. The molecule has 1 fully saturated rings. The summed E-state index contributed by atoms with van der Waals surface area (Å²) in [5.41, 5.74) is 1.08. The van der Waals surface area contributed by atoms with E-state index in [4.69, 9.17) is 0 Å². The Balaban J connectivity index is 1.71. The average Bonchev–Trinajstić information content (AvgIpc) is 3.04. The minimum Gasteiger partial charge on any atom is -0.338 e. The fourth-order valence-electron chi connectivity index (χ4n) is 2.62. The molecule has 0 saturated carbocycles. The van der Waals surface area contributed by atoms with Crippen molar-refractivity contribution in [3.05, 3.63) is 30.1 Å². The van der Waals surface area contributed by atoms with Crippen molar-refractivity contribution in [3.8, 4) is 0 Å². The summed E-state index contributed by atoms with van der Waals surface area (Å²) in [5.74, 6) is 2.06. The normalized spacial score (nSPS) is 17.9. The van der Waals surface area contributed by atoms with Crippen molar-refractivity contribution < 1.29 is 4.79 Å². The first-order valence-corrected chi connectivity index (χ1v) is 8.94. The summed E-state index contributed by atoms with van der Waals surface area (Å²) in [6.45, 7) is 5.01. The zero-order chi connectivity index (χ0) is 14.9. The van der Waals surface area contributed by atoms with Crippen LogP contribution in [0.1, 0.15) is 31.9 Å². The number of carbonyl (C=O) groups excluding carboxylic acids is 1. The van der Waals surface area contributed by atoms with E-state index in [1.54, 1.807) is 11.8 Å². The van der Waals surface area contributed by atoms with E-state index in [0.717, 1.165) is 49.7 Å². The van der Waals surface area contributed by atoms with Crippen molar-refractivity contribution in [2.75, 3.05) is 25.4 Å². The number of hydrogen-bond acceptors (Lipinski definition) is 4. The van der Waals surface area contributed by atoms with Gasteiger partial charge in [0.1, 0.15) is 0 Å². The van der Waals surface area contributed by atoms with Crippen molar-refractivity contribution in [1.82, 2.24) is 15.2 Å². The van der Waals surface area contributed by atoms with Gasteiger partial charge in [-0.05, 0) is 31.5 Å². The Kier molecular flexibility index (Phi) is 7.03. The number of carbonyl (C=O) groups is 1. The molecule has 2 heterocycles. The van der Waals surface area contributed by atoms with Crippen LogP contribution in [-0.4, -0.2) is 47.2 Å². The van der Waals surface area contributed by atoms with E-state index in [2.05, 4.69) is 22.1 Å². The van der Waals surface area contributed by atoms with Gasteiger partial charge in [-0.2, -0.15) is 11.8 Å². The molecular formula is C16H25N3OS. The third-order valence-corrected chi connectivity index (χ3v) is 4.69. The highest BCUT2D eigenvalue weighted by Gasteiger charge is 2.25. The van der Waals surface area contributed by atoms with Crippen molar-refractivity contribution in [2.45, 2.75) is 38.0 Å². The van der Waals surface area contributed by atoms with Crippen LogP contribution in [0.4, 0.5) is 0 Å². The van der Waals surface area contributed by atoms with E-state index in [9.17, 15) is 4.79 Å². The van der Waals surface area contributed by atoms with Gasteiger partial charge < -0.3 is 10.2 Å². The topological polar surface area (TPSA) is 45.2 Å². The summed E-state index contributed by atoms with van der Waals surface area (Å²) in [4.78, 5) is 18.8. The average molecular weight is 307 g/mol. The predicted molar refractivity (Wildman–Crippen MR) is 88.3 cm³/mol. The largest absolute Gasteiger partial charge is 0.338 e. The summed E-state index contributed by atoms with van der Waals surface area (Å²) >= 11 is 1.79. The van der Waals surface area contributed by atoms with Gasteiger partial charge >= 0.3 is 0 Å². The van der Waals surface area contributed by atoms with Crippen LogP contribution in [0.25, 0.3) is 0 Å². The number of thioether (sulfide) groups is 1. The highest BCUT2D eigenvalue weighted by Crippen LogP contribution is 2.15. The summed E-state index contributed by atoms with van der Waals surface area (Å²) in [6, 6.07) is 6.36. The number of nitrogens with one attached hydrogen (secondary N) is 1. The second-order valence-corrected chi connectivity index (χ2v) is 6.46. The Bertz CT molecular complexity index is 421. The van der Waals surface area contributed by atoms with E-state index in [1.807, 2.05) is 24.4 Å². The molecule has 1 aliphatic heterocycles. The maximum Gasteiger partial charge on any atom is 0.223 e. The molecular weight excluding hydrogens is 282 g/mol. The molecule has 2 rings (SSSR count). The van der Waals surface area contributed by atoms with Crippen LogP contribution in [0.3, 0.4) is 0 Å². The summed E-state index contributed by atoms with van der Waals surface area (Å²) in [6.07, 6.45) is 4.57. The third-order valence-electron chi connectivity index (χ3n) is 3.70. The van der Waals surface area contributed by atoms with Crippen LogP contribution in [0, 0.1) is 0 Å². The lowest BCUT2D eigenvalue weighted by Gasteiger charge is -2.28. The molecule has 5 heteroatoms. The fourth-order valence-corrected chi connectivity index (χ4v) is 3.46. The summed E-state index contributed by atoms with van der Waals surface area (Å²) < 4.78 is 0. The molecule has 0 spiro atoms. The van der Waals surface area contributed by atoms with E-state index in [-0.39, 0.29) is 0 Å². The first-order chi connectivity index (χ1) is 10.3. The monoisotopic (exact) mass is 307 g/mol. The summed E-state index contributed by atoms with van der Waals surface area (Å²) in [5, 5.41) is 3.35. The highest BCUT2D eigenvalue weighted by molar-refractivity contribution is 7.98. The van der Waals surface area contributed by atoms with Crippen LogP contribution >= 0.6 is 11.8 Å². The van der Waals surface area contributed by atoms with Gasteiger partial charge in [0.15, 0.2) is 0 Å². The quantitative estimate of drug-likeness (QED) is 0.749. The molecule has 0 bridgehead atoms. The van der Waals surface area contributed by atoms with Gasteiger partial charge in [-0.1, -0.05) is 13.0 Å². The van der Waals surface area contributed by atoms with Crippen LogP contribution in [0.5, 0.6) is 0 Å². The standard InChI is InChI=1S/C16H25N3OS/c1-2-10-19(15-6-9-17-12-15)16(20)7-11-21-13-14-5-3-4-8-18-14/h3-5,8,15,17H,2,6-7,9-13H2,1H3. The van der Waals surface area contributed by atoms with Crippen molar-refractivity contribution >= 4 is 17.7 Å². The van der Waals surface area contributed by atoms with Crippen molar-refractivity contribution in [1.29, 1.82) is 0 Å². The first-order valence-electron chi connectivity index (χ1n) is 7.79. The molecule has 0 radical (unpaired) electrons. The van der Waals surface area contributed by atoms with Gasteiger partial charge in [0, 0.05) is 43.3 Å². The van der Waals surface area contributed by atoms with E-state index in [1.165, 1.54) is 0 Å². The van der Waals surface area contributed by atoms with Gasteiger partial charge in [-0.3, -0.25) is 9.78 Å². The second-order valence-electron chi connectivity index (χ2n) is 5.36. The fraction of sp³-hybridized carbons (Fsp3) is 0.625. The minimum absolute atomic E-state index is 0.305. The predicted octanol–water partition coefficient (Wildman–Crippen LogP) is 2.31. The van der Waals surface area contributed by atoms with E-state index < -0.39 is 0 Å². The Labute approximate surface area is 131 Å². The molecule has 4 nitrogen and oxygen atoms in total. The molecule has 116 valence electrons. The van der Waals surface area contributed by atoms with Crippen LogP contribution < -0.4 is 5.32 Å².